The predicted octanol–water partition coefficient (Wildman–Crippen LogP) is 4.35. The van der Waals surface area contributed by atoms with E-state index in [2.05, 4.69) is 10.5 Å². The first kappa shape index (κ1) is 24.0. The van der Waals surface area contributed by atoms with Crippen molar-refractivity contribution in [2.45, 2.75) is 39.5 Å². The van der Waals surface area contributed by atoms with Crippen molar-refractivity contribution >= 4 is 29.2 Å². The van der Waals surface area contributed by atoms with E-state index in [1.54, 1.807) is 49.4 Å². The molecule has 2 aromatic carbocycles. The van der Waals surface area contributed by atoms with Crippen molar-refractivity contribution in [3.63, 3.8) is 0 Å². The van der Waals surface area contributed by atoms with Crippen LogP contribution in [0.25, 0.3) is 0 Å². The lowest BCUT2D eigenvalue weighted by molar-refractivity contribution is -0.130. The van der Waals surface area contributed by atoms with Crippen LogP contribution in [0.1, 0.15) is 60.2 Å². The molecule has 2 N–H and O–H groups in total. The molecule has 1 heterocycles. The van der Waals surface area contributed by atoms with Gasteiger partial charge >= 0.3 is 0 Å². The number of carbonyl (C=O) groups excluding carboxylic acids is 3. The second-order valence-electron chi connectivity index (χ2n) is 8.16. The van der Waals surface area contributed by atoms with E-state index in [0.717, 1.165) is 25.9 Å². The number of nitrogens with zero attached hydrogens (tertiary/aromatic N) is 2. The number of rotatable bonds is 7. The Morgan fingerprint density at radius 3 is 2.42 bits per heavy atom. The number of Topliss-reactive ketones (excluding diaryl/α,β-unsaturated/α-hetero) is 1. The van der Waals surface area contributed by atoms with Crippen LogP contribution in [-0.2, 0) is 4.79 Å². The summed E-state index contributed by atoms with van der Waals surface area (Å²) in [5.74, 6) is 0.312. The number of carbonyl (C=O) groups is 3. The SMILES string of the molecule is CC(=O)N1CCC(CCC(=O)c2cc(NC(=O)c3ccccc3)ccc2OC(C)=NO)CC1. The first-order valence-corrected chi connectivity index (χ1v) is 11.0. The number of hydrogen-bond acceptors (Lipinski definition) is 6. The molecular formula is C25H29N3O5. The van der Waals surface area contributed by atoms with Gasteiger partial charge in [-0.25, -0.2) is 0 Å². The maximum atomic E-state index is 13.1. The highest BCUT2D eigenvalue weighted by Crippen LogP contribution is 2.28. The van der Waals surface area contributed by atoms with Crippen molar-refractivity contribution in [2.24, 2.45) is 11.1 Å². The van der Waals surface area contributed by atoms with Crippen LogP contribution in [0.5, 0.6) is 5.75 Å². The average molecular weight is 452 g/mol. The molecule has 2 amide bonds. The van der Waals surface area contributed by atoms with E-state index in [0.29, 0.717) is 35.6 Å². The molecule has 3 rings (SSSR count). The molecule has 1 saturated heterocycles. The third-order valence-electron chi connectivity index (χ3n) is 5.81. The lowest BCUT2D eigenvalue weighted by atomic mass is 9.90. The number of piperidine rings is 1. The molecule has 0 aromatic heterocycles. The van der Waals surface area contributed by atoms with Gasteiger partial charge in [0, 0.05) is 44.6 Å². The van der Waals surface area contributed by atoms with Crippen molar-refractivity contribution in [3.8, 4) is 5.75 Å². The normalized spacial score (nSPS) is 14.6. The molecule has 174 valence electrons. The van der Waals surface area contributed by atoms with Crippen molar-refractivity contribution in [1.29, 1.82) is 0 Å². The maximum Gasteiger partial charge on any atom is 0.255 e. The fourth-order valence-electron chi connectivity index (χ4n) is 3.89. The van der Waals surface area contributed by atoms with E-state index in [4.69, 9.17) is 9.94 Å². The molecule has 2 aromatic rings. The van der Waals surface area contributed by atoms with Crippen LogP contribution in [0.15, 0.2) is 53.7 Å². The molecule has 0 atom stereocenters. The van der Waals surface area contributed by atoms with Gasteiger partial charge in [0.05, 0.1) is 5.56 Å². The molecule has 0 aliphatic carbocycles. The van der Waals surface area contributed by atoms with Gasteiger partial charge in [-0.1, -0.05) is 23.4 Å². The maximum absolute atomic E-state index is 13.1. The Morgan fingerprint density at radius 1 is 1.09 bits per heavy atom. The third kappa shape index (κ3) is 6.65. The first-order valence-electron chi connectivity index (χ1n) is 11.0. The number of amides is 2. The summed E-state index contributed by atoms with van der Waals surface area (Å²) in [5.41, 5.74) is 1.28. The van der Waals surface area contributed by atoms with Gasteiger partial charge in [0.1, 0.15) is 5.75 Å². The molecule has 1 aliphatic rings. The smallest absolute Gasteiger partial charge is 0.255 e. The summed E-state index contributed by atoms with van der Waals surface area (Å²) in [6.45, 7) is 4.49. The van der Waals surface area contributed by atoms with Crippen LogP contribution in [0.2, 0.25) is 0 Å². The number of ketones is 1. The van der Waals surface area contributed by atoms with E-state index >= 15 is 0 Å². The monoisotopic (exact) mass is 451 g/mol. The van der Waals surface area contributed by atoms with Crippen molar-refractivity contribution in [1.82, 2.24) is 4.90 Å². The highest BCUT2D eigenvalue weighted by Gasteiger charge is 2.23. The molecule has 0 unspecified atom stereocenters. The summed E-state index contributed by atoms with van der Waals surface area (Å²) >= 11 is 0. The van der Waals surface area contributed by atoms with Gasteiger partial charge in [-0.15, -0.1) is 0 Å². The van der Waals surface area contributed by atoms with Crippen LogP contribution >= 0.6 is 0 Å². The highest BCUT2D eigenvalue weighted by atomic mass is 16.5. The zero-order valence-corrected chi connectivity index (χ0v) is 18.9. The van der Waals surface area contributed by atoms with Gasteiger partial charge in [-0.2, -0.15) is 0 Å². The fraction of sp³-hybridized carbons (Fsp3) is 0.360. The minimum Gasteiger partial charge on any atom is -0.439 e. The minimum atomic E-state index is -0.284. The molecule has 0 radical (unpaired) electrons. The fourth-order valence-corrected chi connectivity index (χ4v) is 3.89. The Balaban J connectivity index is 1.71. The van der Waals surface area contributed by atoms with Gasteiger partial charge in [0.15, 0.2) is 5.78 Å². The summed E-state index contributed by atoms with van der Waals surface area (Å²) in [6.07, 6.45) is 2.77. The number of nitrogens with one attached hydrogen (secondary N) is 1. The van der Waals surface area contributed by atoms with Gasteiger partial charge in [-0.05, 0) is 55.5 Å². The van der Waals surface area contributed by atoms with Crippen LogP contribution in [0.4, 0.5) is 5.69 Å². The number of benzene rings is 2. The van der Waals surface area contributed by atoms with Crippen LogP contribution in [-0.4, -0.2) is 46.7 Å². The molecule has 0 spiro atoms. The Kier molecular flexibility index (Phi) is 8.18. The quantitative estimate of drug-likeness (QED) is 0.214. The second-order valence-corrected chi connectivity index (χ2v) is 8.16. The standard InChI is InChI=1S/C25H29N3O5/c1-17(27-32)33-24-11-9-21(26-25(31)20-6-4-3-5-7-20)16-22(24)23(30)10-8-19-12-14-28(15-13-19)18(2)29/h3-7,9,11,16,19,32H,8,10,12-15H2,1-2H3,(H,26,31). The summed E-state index contributed by atoms with van der Waals surface area (Å²) in [5, 5.41) is 14.8. The molecule has 1 fully saturated rings. The first-order chi connectivity index (χ1) is 15.9. The summed E-state index contributed by atoms with van der Waals surface area (Å²) in [7, 11) is 0. The Labute approximate surface area is 193 Å². The number of ether oxygens (including phenoxy) is 1. The zero-order chi connectivity index (χ0) is 23.8. The average Bonchev–Trinajstić information content (AvgIpc) is 2.84. The Bertz CT molecular complexity index is 1030. The van der Waals surface area contributed by atoms with E-state index in [1.807, 2.05) is 11.0 Å². The lowest BCUT2D eigenvalue weighted by Gasteiger charge is -2.31. The van der Waals surface area contributed by atoms with Crippen LogP contribution in [0, 0.1) is 5.92 Å². The van der Waals surface area contributed by atoms with Gasteiger partial charge in [0.25, 0.3) is 5.91 Å². The topological polar surface area (TPSA) is 108 Å². The van der Waals surface area contributed by atoms with Crippen LogP contribution < -0.4 is 10.1 Å². The van der Waals surface area contributed by atoms with Crippen LogP contribution in [0.3, 0.4) is 0 Å². The summed E-state index contributed by atoms with van der Waals surface area (Å²) in [6, 6.07) is 13.6. The van der Waals surface area contributed by atoms with E-state index in [-0.39, 0.29) is 29.2 Å². The number of hydrogen-bond donors (Lipinski definition) is 2. The van der Waals surface area contributed by atoms with Crippen molar-refractivity contribution in [3.05, 3.63) is 59.7 Å². The van der Waals surface area contributed by atoms with Crippen molar-refractivity contribution in [2.75, 3.05) is 18.4 Å². The molecule has 0 bridgehead atoms. The van der Waals surface area contributed by atoms with Gasteiger partial charge < -0.3 is 20.2 Å². The third-order valence-corrected chi connectivity index (χ3v) is 5.81. The predicted molar refractivity (Wildman–Crippen MR) is 125 cm³/mol. The highest BCUT2D eigenvalue weighted by molar-refractivity contribution is 6.06. The number of oxime groups is 1. The Hall–Kier alpha value is -3.68. The van der Waals surface area contributed by atoms with Gasteiger partial charge in [-0.3, -0.25) is 14.4 Å². The van der Waals surface area contributed by atoms with Crippen molar-refractivity contribution < 1.29 is 24.3 Å². The summed E-state index contributed by atoms with van der Waals surface area (Å²) in [4.78, 5) is 38.9. The molecular weight excluding hydrogens is 422 g/mol. The van der Waals surface area contributed by atoms with Gasteiger partial charge in [0.2, 0.25) is 11.8 Å². The second kappa shape index (κ2) is 11.3. The lowest BCUT2D eigenvalue weighted by Crippen LogP contribution is -2.37. The van der Waals surface area contributed by atoms with E-state index < -0.39 is 0 Å². The van der Waals surface area contributed by atoms with E-state index in [1.165, 1.54) is 6.92 Å². The molecule has 8 heteroatoms. The molecule has 8 nitrogen and oxygen atoms in total. The number of likely N-dealkylation sites (tertiary alicyclic amines) is 1. The number of anilines is 1. The minimum absolute atomic E-state index is 0.00160. The Morgan fingerprint density at radius 2 is 1.79 bits per heavy atom. The summed E-state index contributed by atoms with van der Waals surface area (Å²) < 4.78 is 5.51. The van der Waals surface area contributed by atoms with E-state index in [9.17, 15) is 14.4 Å². The largest absolute Gasteiger partial charge is 0.439 e. The molecule has 0 saturated carbocycles. The zero-order valence-electron chi connectivity index (χ0n) is 18.9. The molecule has 1 aliphatic heterocycles. The molecule has 33 heavy (non-hydrogen) atoms.